The van der Waals surface area contributed by atoms with Gasteiger partial charge in [0.25, 0.3) is 0 Å². The summed E-state index contributed by atoms with van der Waals surface area (Å²) in [4.78, 5) is 23.4. The maximum Gasteiger partial charge on any atom is 0.321 e. The van der Waals surface area contributed by atoms with Crippen LogP contribution in [0.5, 0.6) is 5.75 Å². The molecule has 9 nitrogen and oxygen atoms in total. The lowest BCUT2D eigenvalue weighted by Crippen LogP contribution is -2.50. The largest absolute Gasteiger partial charge is 0.496 e. The molecule has 1 aliphatic rings. The summed E-state index contributed by atoms with van der Waals surface area (Å²) in [5, 5.41) is 15.3. The van der Waals surface area contributed by atoms with E-state index in [0.717, 1.165) is 24.8 Å². The highest BCUT2D eigenvalue weighted by molar-refractivity contribution is 7.91. The molecule has 0 saturated heterocycles. The highest BCUT2D eigenvalue weighted by atomic mass is 32.2. The number of carbonyl (C=O) groups excluding carboxylic acids is 1. The molecule has 202 valence electrons. The Bertz CT molecular complexity index is 1220. The fourth-order valence-corrected chi connectivity index (χ4v) is 6.98. The van der Waals surface area contributed by atoms with Crippen LogP contribution in [-0.2, 0) is 26.0 Å². The Morgan fingerprint density at radius 1 is 1.24 bits per heavy atom. The van der Waals surface area contributed by atoms with Crippen molar-refractivity contribution in [3.63, 3.8) is 0 Å². The summed E-state index contributed by atoms with van der Waals surface area (Å²) in [7, 11) is -2.23. The second-order valence-corrected chi connectivity index (χ2v) is 11.6. The third kappa shape index (κ3) is 6.68. The van der Waals surface area contributed by atoms with E-state index in [-0.39, 0.29) is 23.2 Å². The third-order valence-corrected chi connectivity index (χ3v) is 8.95. The van der Waals surface area contributed by atoms with Crippen molar-refractivity contribution in [3.8, 4) is 5.75 Å². The molecule has 37 heavy (non-hydrogen) atoms. The van der Waals surface area contributed by atoms with Crippen LogP contribution in [0, 0.1) is 0 Å². The van der Waals surface area contributed by atoms with E-state index in [1.165, 1.54) is 7.11 Å². The third-order valence-electron chi connectivity index (χ3n) is 6.99. The Kier molecular flexibility index (Phi) is 9.33. The van der Waals surface area contributed by atoms with Crippen molar-refractivity contribution in [1.82, 2.24) is 10.6 Å². The maximum absolute atomic E-state index is 13.9. The Labute approximate surface area is 218 Å². The van der Waals surface area contributed by atoms with Crippen molar-refractivity contribution in [3.05, 3.63) is 59.2 Å². The van der Waals surface area contributed by atoms with Crippen molar-refractivity contribution in [1.29, 1.82) is 0 Å². The number of fused-ring (bicyclic) bond motifs is 1. The Morgan fingerprint density at radius 3 is 2.54 bits per heavy atom. The van der Waals surface area contributed by atoms with Crippen LogP contribution in [0.2, 0.25) is 0 Å². The monoisotopic (exact) mass is 531 g/mol. The van der Waals surface area contributed by atoms with Crippen molar-refractivity contribution >= 4 is 21.7 Å². The zero-order valence-electron chi connectivity index (χ0n) is 21.6. The van der Waals surface area contributed by atoms with Gasteiger partial charge in [-0.2, -0.15) is 0 Å². The van der Waals surface area contributed by atoms with E-state index in [1.54, 1.807) is 12.1 Å². The highest BCUT2D eigenvalue weighted by Crippen LogP contribution is 2.40. The molecule has 0 fully saturated rings. The van der Waals surface area contributed by atoms with Gasteiger partial charge in [-0.3, -0.25) is 14.9 Å². The summed E-state index contributed by atoms with van der Waals surface area (Å²) in [5.74, 6) is -1.44. The number of nitrogens with one attached hydrogen (secondary N) is 2. The van der Waals surface area contributed by atoms with Crippen LogP contribution < -0.4 is 21.1 Å². The molecule has 2 aromatic rings. The van der Waals surface area contributed by atoms with E-state index in [9.17, 15) is 18.0 Å². The molecular formula is C27H37N3O6S. The Morgan fingerprint density at radius 2 is 1.95 bits per heavy atom. The molecule has 3 rings (SSSR count). The van der Waals surface area contributed by atoms with E-state index in [1.807, 2.05) is 37.3 Å². The predicted octanol–water partition coefficient (Wildman–Crippen LogP) is 2.92. The van der Waals surface area contributed by atoms with E-state index in [4.69, 9.17) is 15.6 Å². The topological polar surface area (TPSA) is 148 Å². The molecule has 0 aliphatic carbocycles. The number of sulfone groups is 1. The summed E-state index contributed by atoms with van der Waals surface area (Å²) in [6.45, 7) is 4.07. The highest BCUT2D eigenvalue weighted by Gasteiger charge is 2.42. The molecule has 0 aromatic heterocycles. The second kappa shape index (κ2) is 12.1. The number of benzene rings is 2. The maximum atomic E-state index is 13.9. The first kappa shape index (κ1) is 28.6. The molecule has 1 heterocycles. The predicted molar refractivity (Wildman–Crippen MR) is 141 cm³/mol. The minimum absolute atomic E-state index is 0.0324. The number of nitrogens with two attached hydrogens (primary N) is 1. The van der Waals surface area contributed by atoms with Gasteiger partial charge in [-0.1, -0.05) is 57.0 Å². The SMILES string of the molecule is CCCC[C@]1(CC)CS(=O)(=O)c2cc(CNC(=O)CC(N)C(=O)O)c(OC)cc2[C@@H](c2ccccc2)N1. The summed E-state index contributed by atoms with van der Waals surface area (Å²) in [6, 6.07) is 11.3. The molecule has 1 unspecified atom stereocenters. The number of carboxylic acid groups (broad SMARTS) is 1. The molecule has 1 aliphatic heterocycles. The lowest BCUT2D eigenvalue weighted by atomic mass is 9.88. The van der Waals surface area contributed by atoms with Gasteiger partial charge in [-0.15, -0.1) is 0 Å². The molecule has 5 N–H and O–H groups in total. The van der Waals surface area contributed by atoms with Gasteiger partial charge >= 0.3 is 5.97 Å². The molecule has 0 radical (unpaired) electrons. The zero-order valence-corrected chi connectivity index (χ0v) is 22.4. The fourth-order valence-electron chi connectivity index (χ4n) is 4.81. The van der Waals surface area contributed by atoms with Gasteiger partial charge in [0.1, 0.15) is 11.8 Å². The average Bonchev–Trinajstić information content (AvgIpc) is 2.98. The van der Waals surface area contributed by atoms with E-state index in [0.29, 0.717) is 23.3 Å². The number of rotatable bonds is 11. The van der Waals surface area contributed by atoms with Gasteiger partial charge in [0.2, 0.25) is 5.91 Å². The average molecular weight is 532 g/mol. The molecule has 0 saturated carbocycles. The number of hydrogen-bond donors (Lipinski definition) is 4. The minimum atomic E-state index is -3.71. The van der Waals surface area contributed by atoms with Crippen molar-refractivity contribution in [2.75, 3.05) is 12.9 Å². The van der Waals surface area contributed by atoms with Crippen LogP contribution in [0.15, 0.2) is 47.4 Å². The van der Waals surface area contributed by atoms with Crippen LogP contribution in [0.4, 0.5) is 0 Å². The molecule has 0 spiro atoms. The molecule has 0 bridgehead atoms. The number of aliphatic carboxylic acids is 1. The number of carboxylic acids is 1. The number of ether oxygens (including phenoxy) is 1. The van der Waals surface area contributed by atoms with Gasteiger partial charge in [0.15, 0.2) is 9.84 Å². The van der Waals surface area contributed by atoms with E-state index >= 15 is 0 Å². The van der Waals surface area contributed by atoms with E-state index < -0.39 is 39.7 Å². The van der Waals surface area contributed by atoms with Crippen molar-refractivity contribution < 1.29 is 27.9 Å². The summed E-state index contributed by atoms with van der Waals surface area (Å²) >= 11 is 0. The molecule has 10 heteroatoms. The number of amides is 1. The van der Waals surface area contributed by atoms with Crippen molar-refractivity contribution in [2.24, 2.45) is 5.73 Å². The van der Waals surface area contributed by atoms with Gasteiger partial charge in [0, 0.05) is 17.6 Å². The smallest absolute Gasteiger partial charge is 0.321 e. The van der Waals surface area contributed by atoms with Gasteiger partial charge in [-0.25, -0.2) is 8.42 Å². The zero-order chi connectivity index (χ0) is 27.2. The molecule has 3 atom stereocenters. The van der Waals surface area contributed by atoms with Gasteiger partial charge in [0.05, 0.1) is 30.2 Å². The van der Waals surface area contributed by atoms with Crippen molar-refractivity contribution in [2.45, 2.75) is 75.0 Å². The quantitative estimate of drug-likeness (QED) is 0.346. The van der Waals surface area contributed by atoms with Gasteiger partial charge < -0.3 is 20.9 Å². The molecule has 1 amide bonds. The first-order valence-corrected chi connectivity index (χ1v) is 14.2. The number of methoxy groups -OCH3 is 1. The summed E-state index contributed by atoms with van der Waals surface area (Å²) < 4.78 is 33.3. The summed E-state index contributed by atoms with van der Waals surface area (Å²) in [6.07, 6.45) is 2.83. The Balaban J connectivity index is 2.08. The minimum Gasteiger partial charge on any atom is -0.496 e. The first-order chi connectivity index (χ1) is 17.6. The number of carbonyl (C=O) groups is 2. The molecule has 2 aromatic carbocycles. The lowest BCUT2D eigenvalue weighted by molar-refractivity contribution is -0.140. The second-order valence-electron chi connectivity index (χ2n) is 9.61. The normalized spacial score (nSPS) is 21.4. The van der Waals surface area contributed by atoms with Gasteiger partial charge in [-0.05, 0) is 36.1 Å². The first-order valence-electron chi connectivity index (χ1n) is 12.6. The summed E-state index contributed by atoms with van der Waals surface area (Å²) in [5.41, 5.74) is 6.87. The van der Waals surface area contributed by atoms with Crippen LogP contribution >= 0.6 is 0 Å². The van der Waals surface area contributed by atoms with E-state index in [2.05, 4.69) is 17.6 Å². The standard InChI is InChI=1S/C27H37N3O6S/c1-4-6-12-27(5-2)17-37(34,35)23-13-19(16-29-24(31)15-21(28)26(32)33)22(36-3)14-20(23)25(30-27)18-10-8-7-9-11-18/h7-11,13-14,21,25,30H,4-6,12,15-17,28H2,1-3H3,(H,29,31)(H,32,33)/t21?,25-,27-/m1/s1. The lowest BCUT2D eigenvalue weighted by Gasteiger charge is -2.36. The van der Waals surface area contributed by atoms with Crippen LogP contribution in [0.25, 0.3) is 0 Å². The fraction of sp³-hybridized carbons (Fsp3) is 0.481. The Hall–Kier alpha value is -2.95. The number of hydrogen-bond acceptors (Lipinski definition) is 7. The number of unbranched alkanes of at least 4 members (excludes halogenated alkanes) is 1. The van der Waals surface area contributed by atoms with Crippen LogP contribution in [-0.4, -0.2) is 49.8 Å². The van der Waals surface area contributed by atoms with Crippen LogP contribution in [0.3, 0.4) is 0 Å². The molecular weight excluding hydrogens is 494 g/mol. The van der Waals surface area contributed by atoms with Crippen LogP contribution in [0.1, 0.15) is 68.7 Å².